The van der Waals surface area contributed by atoms with Gasteiger partial charge in [0.2, 0.25) is 5.91 Å². The zero-order chi connectivity index (χ0) is 15.3. The summed E-state index contributed by atoms with van der Waals surface area (Å²) in [5.41, 5.74) is 3.42. The fourth-order valence-corrected chi connectivity index (χ4v) is 1.85. The van der Waals surface area contributed by atoms with Gasteiger partial charge in [0, 0.05) is 11.6 Å². The van der Waals surface area contributed by atoms with Crippen LogP contribution in [0.4, 0.5) is 11.6 Å². The van der Waals surface area contributed by atoms with E-state index in [1.54, 1.807) is 6.92 Å². The molecule has 7 heteroatoms. The van der Waals surface area contributed by atoms with Crippen molar-refractivity contribution in [3.63, 3.8) is 0 Å². The zero-order valence-corrected chi connectivity index (χ0v) is 12.7. The van der Waals surface area contributed by atoms with Gasteiger partial charge in [-0.05, 0) is 26.7 Å². The third kappa shape index (κ3) is 4.06. The molecule has 1 heterocycles. The number of aromatic nitrogens is 2. The van der Waals surface area contributed by atoms with Crippen molar-refractivity contribution >= 4 is 17.5 Å². The normalized spacial score (nSPS) is 12.4. The van der Waals surface area contributed by atoms with Gasteiger partial charge in [0.1, 0.15) is 24.0 Å². The lowest BCUT2D eigenvalue weighted by molar-refractivity contribution is -0.122. The van der Waals surface area contributed by atoms with Crippen LogP contribution in [0.5, 0.6) is 0 Å². The molecule has 0 spiro atoms. The molecule has 0 radical (unpaired) electrons. The molecule has 0 aliphatic rings. The Balaban J connectivity index is 2.94. The summed E-state index contributed by atoms with van der Waals surface area (Å²) in [7, 11) is 0. The Labute approximate surface area is 119 Å². The predicted molar refractivity (Wildman–Crippen MR) is 80.3 cm³/mol. The van der Waals surface area contributed by atoms with E-state index in [2.05, 4.69) is 26.0 Å². The van der Waals surface area contributed by atoms with Crippen molar-refractivity contribution in [3.8, 4) is 0 Å². The van der Waals surface area contributed by atoms with E-state index in [1.807, 2.05) is 27.7 Å². The van der Waals surface area contributed by atoms with E-state index in [9.17, 15) is 4.79 Å². The standard InChI is InChI=1S/C13H24N6O/c1-7(2)10-11(15-6-16-12(10)19-14)18-9(5)13(20)17-8(3)4/h6-9H,14H2,1-5H3,(H,17,20)(H2,15,16,18,19). The van der Waals surface area contributed by atoms with Crippen LogP contribution in [0.3, 0.4) is 0 Å². The second-order valence-corrected chi connectivity index (χ2v) is 5.31. The maximum absolute atomic E-state index is 11.9. The van der Waals surface area contributed by atoms with Crippen LogP contribution in [-0.4, -0.2) is 28.0 Å². The molecule has 7 nitrogen and oxygen atoms in total. The average molecular weight is 280 g/mol. The van der Waals surface area contributed by atoms with Gasteiger partial charge in [0.15, 0.2) is 0 Å². The van der Waals surface area contributed by atoms with Gasteiger partial charge in [0.25, 0.3) is 0 Å². The average Bonchev–Trinajstić information content (AvgIpc) is 2.37. The lowest BCUT2D eigenvalue weighted by Crippen LogP contribution is -2.41. The van der Waals surface area contributed by atoms with E-state index in [4.69, 9.17) is 5.84 Å². The van der Waals surface area contributed by atoms with Gasteiger partial charge >= 0.3 is 0 Å². The Morgan fingerprint density at radius 1 is 1.15 bits per heavy atom. The monoisotopic (exact) mass is 280 g/mol. The van der Waals surface area contributed by atoms with Gasteiger partial charge in [-0.15, -0.1) is 0 Å². The quantitative estimate of drug-likeness (QED) is 0.461. The summed E-state index contributed by atoms with van der Waals surface area (Å²) in [6.07, 6.45) is 1.41. The maximum atomic E-state index is 11.9. The number of hydrogen-bond donors (Lipinski definition) is 4. The highest BCUT2D eigenvalue weighted by molar-refractivity contribution is 5.84. The lowest BCUT2D eigenvalue weighted by Gasteiger charge is -2.20. The number of amides is 1. The number of carbonyl (C=O) groups excluding carboxylic acids is 1. The van der Waals surface area contributed by atoms with Crippen molar-refractivity contribution in [2.45, 2.75) is 52.6 Å². The molecule has 0 saturated carbocycles. The minimum absolute atomic E-state index is 0.0735. The largest absolute Gasteiger partial charge is 0.358 e. The number of nitrogens with one attached hydrogen (secondary N) is 3. The molecule has 0 aromatic carbocycles. The summed E-state index contributed by atoms with van der Waals surface area (Å²) >= 11 is 0. The number of rotatable bonds is 6. The van der Waals surface area contributed by atoms with Gasteiger partial charge < -0.3 is 16.1 Å². The number of nitrogens with two attached hydrogens (primary N) is 1. The number of hydrazine groups is 1. The molecule has 0 bridgehead atoms. The van der Waals surface area contributed by atoms with Crippen LogP contribution in [0.2, 0.25) is 0 Å². The zero-order valence-electron chi connectivity index (χ0n) is 12.7. The Hall–Kier alpha value is -1.89. The highest BCUT2D eigenvalue weighted by atomic mass is 16.2. The third-order valence-electron chi connectivity index (χ3n) is 2.78. The molecule has 1 rings (SSSR count). The van der Waals surface area contributed by atoms with Crippen LogP contribution in [0, 0.1) is 0 Å². The summed E-state index contributed by atoms with van der Waals surface area (Å²) in [4.78, 5) is 20.2. The van der Waals surface area contributed by atoms with Crippen molar-refractivity contribution in [2.24, 2.45) is 5.84 Å². The second-order valence-electron chi connectivity index (χ2n) is 5.31. The van der Waals surface area contributed by atoms with Gasteiger partial charge in [-0.1, -0.05) is 13.8 Å². The Bertz CT molecular complexity index is 460. The minimum atomic E-state index is -0.393. The van der Waals surface area contributed by atoms with E-state index in [1.165, 1.54) is 6.33 Å². The van der Waals surface area contributed by atoms with Crippen LogP contribution >= 0.6 is 0 Å². The minimum Gasteiger partial charge on any atom is -0.358 e. The van der Waals surface area contributed by atoms with Crippen LogP contribution in [0.1, 0.15) is 46.1 Å². The van der Waals surface area contributed by atoms with E-state index in [0.717, 1.165) is 5.56 Å². The molecule has 0 fully saturated rings. The van der Waals surface area contributed by atoms with Crippen LogP contribution in [-0.2, 0) is 4.79 Å². The smallest absolute Gasteiger partial charge is 0.242 e. The van der Waals surface area contributed by atoms with E-state index < -0.39 is 6.04 Å². The van der Waals surface area contributed by atoms with Gasteiger partial charge in [0.05, 0.1) is 0 Å². The first-order chi connectivity index (χ1) is 9.36. The first-order valence-corrected chi connectivity index (χ1v) is 6.75. The Morgan fingerprint density at radius 3 is 2.25 bits per heavy atom. The lowest BCUT2D eigenvalue weighted by atomic mass is 10.0. The Morgan fingerprint density at radius 2 is 1.75 bits per heavy atom. The van der Waals surface area contributed by atoms with Crippen LogP contribution in [0.15, 0.2) is 6.33 Å². The molecule has 1 unspecified atom stereocenters. The molecule has 0 aliphatic heterocycles. The number of nitrogens with zero attached hydrogens (tertiary/aromatic N) is 2. The second kappa shape index (κ2) is 7.04. The Kier molecular flexibility index (Phi) is 5.69. The van der Waals surface area contributed by atoms with Gasteiger partial charge in [-0.25, -0.2) is 15.8 Å². The van der Waals surface area contributed by atoms with Gasteiger partial charge in [-0.3, -0.25) is 4.79 Å². The third-order valence-corrected chi connectivity index (χ3v) is 2.78. The van der Waals surface area contributed by atoms with Crippen LogP contribution < -0.4 is 21.9 Å². The van der Waals surface area contributed by atoms with E-state index in [0.29, 0.717) is 11.6 Å². The topological polar surface area (TPSA) is 105 Å². The van der Waals surface area contributed by atoms with Crippen molar-refractivity contribution < 1.29 is 4.79 Å². The van der Waals surface area contributed by atoms with E-state index in [-0.39, 0.29) is 17.9 Å². The fraction of sp³-hybridized carbons (Fsp3) is 0.615. The van der Waals surface area contributed by atoms with Crippen molar-refractivity contribution in [1.29, 1.82) is 0 Å². The number of hydrogen-bond acceptors (Lipinski definition) is 6. The molecule has 5 N–H and O–H groups in total. The number of nitrogen functional groups attached to an aromatic ring is 1. The summed E-state index contributed by atoms with van der Waals surface area (Å²) in [6.45, 7) is 9.67. The molecule has 1 aromatic heterocycles. The molecule has 1 atom stereocenters. The molecular weight excluding hydrogens is 256 g/mol. The highest BCUT2D eigenvalue weighted by Gasteiger charge is 2.19. The molecule has 1 amide bonds. The van der Waals surface area contributed by atoms with Crippen molar-refractivity contribution in [3.05, 3.63) is 11.9 Å². The van der Waals surface area contributed by atoms with E-state index >= 15 is 0 Å². The fourth-order valence-electron chi connectivity index (χ4n) is 1.85. The summed E-state index contributed by atoms with van der Waals surface area (Å²) < 4.78 is 0. The number of anilines is 2. The molecule has 1 aromatic rings. The first kappa shape index (κ1) is 16.2. The molecular formula is C13H24N6O. The first-order valence-electron chi connectivity index (χ1n) is 6.75. The molecule has 0 saturated heterocycles. The summed E-state index contributed by atoms with van der Waals surface area (Å²) in [5, 5.41) is 5.97. The summed E-state index contributed by atoms with van der Waals surface area (Å²) in [5.74, 6) is 6.75. The van der Waals surface area contributed by atoms with Crippen LogP contribution in [0.25, 0.3) is 0 Å². The maximum Gasteiger partial charge on any atom is 0.242 e. The summed E-state index contributed by atoms with van der Waals surface area (Å²) in [6, 6.07) is -0.293. The van der Waals surface area contributed by atoms with Gasteiger partial charge in [-0.2, -0.15) is 0 Å². The molecule has 20 heavy (non-hydrogen) atoms. The van der Waals surface area contributed by atoms with Crippen molar-refractivity contribution in [2.75, 3.05) is 10.7 Å². The molecule has 0 aliphatic carbocycles. The molecule has 112 valence electrons. The SMILES string of the molecule is CC(C)NC(=O)C(C)Nc1ncnc(NN)c1C(C)C. The van der Waals surface area contributed by atoms with Crippen molar-refractivity contribution in [1.82, 2.24) is 15.3 Å². The highest BCUT2D eigenvalue weighted by Crippen LogP contribution is 2.27. The number of carbonyl (C=O) groups is 1. The predicted octanol–water partition coefficient (Wildman–Crippen LogP) is 1.21.